The Morgan fingerprint density at radius 1 is 1.33 bits per heavy atom. The Morgan fingerprint density at radius 2 is 2.10 bits per heavy atom. The quantitative estimate of drug-likeness (QED) is 0.931. The number of aryl methyl sites for hydroxylation is 1. The molecule has 0 bridgehead atoms. The molecule has 3 rings (SSSR count). The predicted octanol–water partition coefficient (Wildman–Crippen LogP) is 3.72. The van der Waals surface area contributed by atoms with Crippen molar-refractivity contribution in [3.63, 3.8) is 0 Å². The van der Waals surface area contributed by atoms with Crippen LogP contribution < -0.4 is 5.32 Å². The van der Waals surface area contributed by atoms with Crippen molar-refractivity contribution in [1.82, 2.24) is 9.55 Å². The van der Waals surface area contributed by atoms with Crippen LogP contribution in [0.5, 0.6) is 0 Å². The molecule has 0 amide bonds. The Balaban J connectivity index is 1.80. The van der Waals surface area contributed by atoms with Gasteiger partial charge in [-0.15, -0.1) is 0 Å². The molecule has 2 heterocycles. The van der Waals surface area contributed by atoms with Crippen LogP contribution in [0.2, 0.25) is 0 Å². The summed E-state index contributed by atoms with van der Waals surface area (Å²) < 4.78 is 8.20. The molecule has 0 aliphatic carbocycles. The minimum atomic E-state index is 0.0422. The van der Waals surface area contributed by atoms with Gasteiger partial charge in [0.2, 0.25) is 5.95 Å². The minimum absolute atomic E-state index is 0.0422. The van der Waals surface area contributed by atoms with Crippen molar-refractivity contribution in [1.29, 1.82) is 0 Å². The van der Waals surface area contributed by atoms with Crippen molar-refractivity contribution in [2.24, 2.45) is 7.05 Å². The Morgan fingerprint density at radius 3 is 2.81 bits per heavy atom. The molecule has 0 saturated carbocycles. The molecular weight excluding hydrogens is 262 g/mol. The smallest absolute Gasteiger partial charge is 0.203 e. The molecule has 1 unspecified atom stereocenters. The molecule has 1 fully saturated rings. The lowest BCUT2D eigenvalue weighted by Gasteiger charge is -2.40. The molecule has 0 radical (unpaired) electrons. The van der Waals surface area contributed by atoms with E-state index < -0.39 is 0 Å². The molecule has 4 nitrogen and oxygen atoms in total. The van der Waals surface area contributed by atoms with Gasteiger partial charge in [-0.25, -0.2) is 4.98 Å². The largest absolute Gasteiger partial charge is 0.375 e. The molecule has 1 aliphatic rings. The summed E-state index contributed by atoms with van der Waals surface area (Å²) in [6, 6.07) is 8.70. The first-order chi connectivity index (χ1) is 10.2. The predicted molar refractivity (Wildman–Crippen MR) is 86.6 cm³/mol. The second-order valence-electron chi connectivity index (χ2n) is 6.06. The molecule has 1 atom stereocenters. The van der Waals surface area contributed by atoms with E-state index in [1.165, 1.54) is 5.52 Å². The summed E-state index contributed by atoms with van der Waals surface area (Å²) in [7, 11) is 2.07. The SMILES string of the molecule is CCC1(CC)CC(Nc2nc3ccccc3n2C)CCO1. The molecule has 1 aromatic heterocycles. The highest BCUT2D eigenvalue weighted by Gasteiger charge is 2.34. The average molecular weight is 287 g/mol. The van der Waals surface area contributed by atoms with Gasteiger partial charge in [-0.2, -0.15) is 0 Å². The van der Waals surface area contributed by atoms with Crippen LogP contribution in [0.25, 0.3) is 11.0 Å². The zero-order valence-corrected chi connectivity index (χ0v) is 13.2. The summed E-state index contributed by atoms with van der Waals surface area (Å²) in [4.78, 5) is 4.72. The summed E-state index contributed by atoms with van der Waals surface area (Å²) in [6.07, 6.45) is 4.25. The van der Waals surface area contributed by atoms with Crippen molar-refractivity contribution < 1.29 is 4.74 Å². The fourth-order valence-corrected chi connectivity index (χ4v) is 3.35. The van der Waals surface area contributed by atoms with Crippen LogP contribution in [-0.4, -0.2) is 27.8 Å². The Hall–Kier alpha value is -1.55. The van der Waals surface area contributed by atoms with E-state index in [2.05, 4.69) is 49.0 Å². The molecule has 1 saturated heterocycles. The standard InChI is InChI=1S/C17H25N3O/c1-4-17(5-2)12-13(10-11-21-17)18-16-19-14-8-6-7-9-15(14)20(16)3/h6-9,13H,4-5,10-12H2,1-3H3,(H,18,19). The first-order valence-corrected chi connectivity index (χ1v) is 7.99. The van der Waals surface area contributed by atoms with Gasteiger partial charge in [0.25, 0.3) is 0 Å². The monoisotopic (exact) mass is 287 g/mol. The van der Waals surface area contributed by atoms with Crippen LogP contribution in [0.4, 0.5) is 5.95 Å². The maximum Gasteiger partial charge on any atom is 0.203 e. The number of para-hydroxylation sites is 2. The highest BCUT2D eigenvalue weighted by molar-refractivity contribution is 5.78. The molecule has 2 aromatic rings. The third kappa shape index (κ3) is 2.64. The fourth-order valence-electron chi connectivity index (χ4n) is 3.35. The molecule has 4 heteroatoms. The summed E-state index contributed by atoms with van der Waals surface area (Å²) in [5, 5.41) is 3.63. The molecule has 1 aromatic carbocycles. The van der Waals surface area contributed by atoms with Gasteiger partial charge in [-0.05, 0) is 37.8 Å². The Labute approximate surface area is 126 Å². The molecule has 1 aliphatic heterocycles. The van der Waals surface area contributed by atoms with E-state index in [9.17, 15) is 0 Å². The number of imidazole rings is 1. The molecule has 0 spiro atoms. The molecule has 1 N–H and O–H groups in total. The second kappa shape index (κ2) is 5.68. The fraction of sp³-hybridized carbons (Fsp3) is 0.588. The van der Waals surface area contributed by atoms with Gasteiger partial charge >= 0.3 is 0 Å². The lowest BCUT2D eigenvalue weighted by atomic mass is 9.86. The van der Waals surface area contributed by atoms with Gasteiger partial charge in [0.05, 0.1) is 16.6 Å². The number of benzene rings is 1. The molecule has 21 heavy (non-hydrogen) atoms. The number of aromatic nitrogens is 2. The summed E-state index contributed by atoms with van der Waals surface area (Å²) in [5.74, 6) is 0.962. The lowest BCUT2D eigenvalue weighted by molar-refractivity contribution is -0.0865. The van der Waals surface area contributed by atoms with Gasteiger partial charge < -0.3 is 14.6 Å². The zero-order valence-electron chi connectivity index (χ0n) is 13.2. The van der Waals surface area contributed by atoms with E-state index in [1.807, 2.05) is 6.07 Å². The number of nitrogens with one attached hydrogen (secondary N) is 1. The Kier molecular flexibility index (Phi) is 3.89. The lowest BCUT2D eigenvalue weighted by Crippen LogP contribution is -2.44. The number of rotatable bonds is 4. The Bertz CT molecular complexity index is 616. The maximum atomic E-state index is 6.05. The summed E-state index contributed by atoms with van der Waals surface area (Å²) >= 11 is 0. The van der Waals surface area contributed by atoms with Crippen LogP contribution in [0, 0.1) is 0 Å². The number of fused-ring (bicyclic) bond motifs is 1. The van der Waals surface area contributed by atoms with Crippen molar-refractivity contribution in [2.75, 3.05) is 11.9 Å². The average Bonchev–Trinajstić information content (AvgIpc) is 2.84. The van der Waals surface area contributed by atoms with Crippen molar-refractivity contribution in [3.8, 4) is 0 Å². The third-order valence-electron chi connectivity index (χ3n) is 4.90. The third-order valence-corrected chi connectivity index (χ3v) is 4.90. The van der Waals surface area contributed by atoms with Gasteiger partial charge in [0.1, 0.15) is 0 Å². The number of hydrogen-bond donors (Lipinski definition) is 1. The van der Waals surface area contributed by atoms with Gasteiger partial charge in [0.15, 0.2) is 0 Å². The summed E-state index contributed by atoms with van der Waals surface area (Å²) in [5.41, 5.74) is 2.26. The van der Waals surface area contributed by atoms with E-state index >= 15 is 0 Å². The first kappa shape index (κ1) is 14.4. The normalized spacial score (nSPS) is 21.6. The molecular formula is C17H25N3O. The van der Waals surface area contributed by atoms with Crippen LogP contribution in [0.1, 0.15) is 39.5 Å². The van der Waals surface area contributed by atoms with Crippen LogP contribution in [-0.2, 0) is 11.8 Å². The van der Waals surface area contributed by atoms with Gasteiger partial charge in [-0.1, -0.05) is 26.0 Å². The van der Waals surface area contributed by atoms with E-state index in [-0.39, 0.29) is 5.60 Å². The second-order valence-corrected chi connectivity index (χ2v) is 6.06. The topological polar surface area (TPSA) is 39.1 Å². The number of hydrogen-bond acceptors (Lipinski definition) is 3. The molecule has 114 valence electrons. The highest BCUT2D eigenvalue weighted by Crippen LogP contribution is 2.33. The van der Waals surface area contributed by atoms with Gasteiger partial charge in [0, 0.05) is 19.7 Å². The van der Waals surface area contributed by atoms with Gasteiger partial charge in [-0.3, -0.25) is 0 Å². The number of ether oxygens (including phenoxy) is 1. The van der Waals surface area contributed by atoms with E-state index in [0.29, 0.717) is 6.04 Å². The van der Waals surface area contributed by atoms with Crippen molar-refractivity contribution in [3.05, 3.63) is 24.3 Å². The number of anilines is 1. The first-order valence-electron chi connectivity index (χ1n) is 7.99. The zero-order chi connectivity index (χ0) is 14.9. The van der Waals surface area contributed by atoms with Crippen molar-refractivity contribution >= 4 is 17.0 Å². The summed E-state index contributed by atoms with van der Waals surface area (Å²) in [6.45, 7) is 5.28. The number of nitrogens with zero attached hydrogens (tertiary/aromatic N) is 2. The van der Waals surface area contributed by atoms with E-state index in [0.717, 1.165) is 43.8 Å². The minimum Gasteiger partial charge on any atom is -0.375 e. The maximum absolute atomic E-state index is 6.05. The van der Waals surface area contributed by atoms with Crippen LogP contribution >= 0.6 is 0 Å². The van der Waals surface area contributed by atoms with Crippen LogP contribution in [0.3, 0.4) is 0 Å². The highest BCUT2D eigenvalue weighted by atomic mass is 16.5. The van der Waals surface area contributed by atoms with E-state index in [1.54, 1.807) is 0 Å². The van der Waals surface area contributed by atoms with Crippen LogP contribution in [0.15, 0.2) is 24.3 Å². The van der Waals surface area contributed by atoms with E-state index in [4.69, 9.17) is 9.72 Å². The van der Waals surface area contributed by atoms with Crippen molar-refractivity contribution in [2.45, 2.75) is 51.2 Å².